The summed E-state index contributed by atoms with van der Waals surface area (Å²) in [6.45, 7) is 4.27. The first-order valence-electron chi connectivity index (χ1n) is 13.8. The van der Waals surface area contributed by atoms with Gasteiger partial charge in [0.25, 0.3) is 0 Å². The third-order valence-corrected chi connectivity index (χ3v) is 9.20. The molecule has 4 aliphatic rings. The van der Waals surface area contributed by atoms with Crippen LogP contribution in [0.3, 0.4) is 0 Å². The summed E-state index contributed by atoms with van der Waals surface area (Å²) in [6, 6.07) is 3.76. The maximum atomic E-state index is 13.0. The number of carbonyl (C=O) groups is 4. The number of carbonyl (C=O) groups excluding carboxylic acids is 3. The molecule has 13 nitrogen and oxygen atoms in total. The molecule has 228 valence electrons. The highest BCUT2D eigenvalue weighted by molar-refractivity contribution is 5.88. The van der Waals surface area contributed by atoms with Gasteiger partial charge in [0.1, 0.15) is 5.76 Å². The normalized spacial score (nSPS) is 31.2. The Balaban J connectivity index is 1.34. The SMILES string of the molecule is COc1ccc2c3c1O[C@H]1C(OC(=O)[C@H](O)[C@@H](O)C(=O)O[C@@H](C)C(=O)O[C@@H](C)C(=O)O)=CC[C@@]4(O)[C@@H](C2)C(C)CCC314. The van der Waals surface area contributed by atoms with Gasteiger partial charge < -0.3 is 44.1 Å². The van der Waals surface area contributed by atoms with Crippen molar-refractivity contribution in [3.63, 3.8) is 0 Å². The number of hydrogen-bond donors (Lipinski definition) is 4. The lowest BCUT2D eigenvalue weighted by Gasteiger charge is -2.61. The maximum absolute atomic E-state index is 13.0. The molecule has 1 saturated carbocycles. The number of carboxylic acids is 1. The second-order valence-corrected chi connectivity index (χ2v) is 11.5. The van der Waals surface area contributed by atoms with E-state index in [1.54, 1.807) is 6.07 Å². The number of methoxy groups -OCH3 is 1. The van der Waals surface area contributed by atoms with Crippen molar-refractivity contribution >= 4 is 23.9 Å². The Bertz CT molecular complexity index is 1350. The zero-order valence-electron chi connectivity index (χ0n) is 23.6. The third kappa shape index (κ3) is 4.33. The first-order valence-corrected chi connectivity index (χ1v) is 13.8. The van der Waals surface area contributed by atoms with Gasteiger partial charge >= 0.3 is 23.9 Å². The lowest BCUT2D eigenvalue weighted by atomic mass is 9.45. The van der Waals surface area contributed by atoms with Crippen molar-refractivity contribution in [2.24, 2.45) is 11.8 Å². The summed E-state index contributed by atoms with van der Waals surface area (Å²) in [5.74, 6) is -4.46. The van der Waals surface area contributed by atoms with Gasteiger partial charge in [0.15, 0.2) is 42.0 Å². The van der Waals surface area contributed by atoms with Crippen LogP contribution in [0, 0.1) is 11.8 Å². The van der Waals surface area contributed by atoms with Crippen LogP contribution in [0.15, 0.2) is 24.0 Å². The quantitative estimate of drug-likeness (QED) is 0.230. The van der Waals surface area contributed by atoms with Crippen LogP contribution in [-0.4, -0.2) is 87.5 Å². The van der Waals surface area contributed by atoms with Crippen molar-refractivity contribution in [3.8, 4) is 11.5 Å². The van der Waals surface area contributed by atoms with Crippen molar-refractivity contribution in [1.82, 2.24) is 0 Å². The summed E-state index contributed by atoms with van der Waals surface area (Å²) in [5.41, 5.74) is -0.301. The van der Waals surface area contributed by atoms with Crippen LogP contribution in [-0.2, 0) is 45.2 Å². The van der Waals surface area contributed by atoms with E-state index < -0.39 is 65.4 Å². The van der Waals surface area contributed by atoms with Gasteiger partial charge in [-0.3, -0.25) is 0 Å². The average Bonchev–Trinajstić information content (AvgIpc) is 3.31. The van der Waals surface area contributed by atoms with Crippen LogP contribution in [0.2, 0.25) is 0 Å². The molecule has 9 atom stereocenters. The van der Waals surface area contributed by atoms with Crippen molar-refractivity contribution in [3.05, 3.63) is 35.1 Å². The Morgan fingerprint density at radius 3 is 2.36 bits per heavy atom. The summed E-state index contributed by atoms with van der Waals surface area (Å²) in [6.07, 6.45) is -5.27. The number of ether oxygens (including phenoxy) is 5. The summed E-state index contributed by atoms with van der Waals surface area (Å²) in [4.78, 5) is 48.2. The molecule has 1 fully saturated rings. The largest absolute Gasteiger partial charge is 0.493 e. The third-order valence-electron chi connectivity index (χ3n) is 9.20. The molecule has 0 amide bonds. The molecule has 13 heteroatoms. The molecule has 2 unspecified atom stereocenters. The van der Waals surface area contributed by atoms with E-state index in [2.05, 4.69) is 11.7 Å². The minimum Gasteiger partial charge on any atom is -0.493 e. The minimum atomic E-state index is -2.44. The standard InChI is InChI=1S/C29H34O13/c1-12-7-9-28-19-15-5-6-17(38-4)22(19)42-23(28)18(8-10-29(28,37)16(12)11-15)41-27(36)21(31)20(30)26(35)40-14(3)25(34)39-13(2)24(32)33/h5-6,8,12-14,16,20-21,23,30-31,37H,7,9-11H2,1-4H3,(H,32,33)/t12?,13-,14-,16-,20+,21+,23-,28?,29+/m0/s1. The summed E-state index contributed by atoms with van der Waals surface area (Å²) >= 11 is 0. The number of aliphatic hydroxyl groups excluding tert-OH is 2. The lowest BCUT2D eigenvalue weighted by Crippen LogP contribution is -2.69. The van der Waals surface area contributed by atoms with E-state index in [-0.39, 0.29) is 24.0 Å². The first-order chi connectivity index (χ1) is 19.8. The van der Waals surface area contributed by atoms with Gasteiger partial charge in [-0.2, -0.15) is 0 Å². The van der Waals surface area contributed by atoms with Crippen molar-refractivity contribution in [2.75, 3.05) is 7.11 Å². The van der Waals surface area contributed by atoms with E-state index in [9.17, 15) is 34.5 Å². The van der Waals surface area contributed by atoms with Crippen molar-refractivity contribution < 1.29 is 63.3 Å². The van der Waals surface area contributed by atoms with Crippen LogP contribution in [0.4, 0.5) is 0 Å². The van der Waals surface area contributed by atoms with E-state index in [1.807, 2.05) is 6.07 Å². The smallest absolute Gasteiger partial charge is 0.347 e. The Hall–Kier alpha value is -3.68. The summed E-state index contributed by atoms with van der Waals surface area (Å²) in [5, 5.41) is 41.9. The molecule has 4 N–H and O–H groups in total. The number of hydrogen-bond acceptors (Lipinski definition) is 12. The fraction of sp³-hybridized carbons (Fsp3) is 0.586. The second-order valence-electron chi connectivity index (χ2n) is 11.5. The first kappa shape index (κ1) is 29.8. The molecule has 0 saturated heterocycles. The number of rotatable bonds is 9. The average molecular weight is 591 g/mol. The monoisotopic (exact) mass is 590 g/mol. The summed E-state index contributed by atoms with van der Waals surface area (Å²) in [7, 11) is 1.50. The number of aliphatic hydroxyl groups is 3. The molecule has 5 rings (SSSR count). The van der Waals surface area contributed by atoms with Crippen LogP contribution >= 0.6 is 0 Å². The Morgan fingerprint density at radius 2 is 1.69 bits per heavy atom. The maximum Gasteiger partial charge on any atom is 0.347 e. The van der Waals surface area contributed by atoms with Gasteiger partial charge in [0.05, 0.1) is 18.1 Å². The highest BCUT2D eigenvalue weighted by atomic mass is 16.6. The van der Waals surface area contributed by atoms with E-state index in [0.717, 1.165) is 31.4 Å². The highest BCUT2D eigenvalue weighted by Gasteiger charge is 2.72. The van der Waals surface area contributed by atoms with Crippen LogP contribution in [0.1, 0.15) is 51.2 Å². The lowest BCUT2D eigenvalue weighted by molar-refractivity contribution is -0.185. The second kappa shape index (κ2) is 10.5. The van der Waals surface area contributed by atoms with E-state index in [0.29, 0.717) is 24.3 Å². The molecule has 1 aromatic rings. The predicted octanol–water partition coefficient (Wildman–Crippen LogP) is 0.528. The Kier molecular flexibility index (Phi) is 7.48. The predicted molar refractivity (Wildman–Crippen MR) is 139 cm³/mol. The van der Waals surface area contributed by atoms with Gasteiger partial charge in [-0.1, -0.05) is 13.0 Å². The molecule has 2 bridgehead atoms. The van der Waals surface area contributed by atoms with E-state index in [4.69, 9.17) is 24.1 Å². The number of carboxylic acid groups (broad SMARTS) is 1. The fourth-order valence-corrected chi connectivity index (χ4v) is 7.01. The zero-order chi connectivity index (χ0) is 30.7. The van der Waals surface area contributed by atoms with Crippen molar-refractivity contribution in [1.29, 1.82) is 0 Å². The molecular formula is C29H34O13. The van der Waals surface area contributed by atoms with Gasteiger partial charge in [-0.15, -0.1) is 0 Å². The highest BCUT2D eigenvalue weighted by Crippen LogP contribution is 2.68. The molecular weight excluding hydrogens is 556 g/mol. The van der Waals surface area contributed by atoms with Gasteiger partial charge in [0.2, 0.25) is 0 Å². The zero-order valence-corrected chi connectivity index (χ0v) is 23.6. The van der Waals surface area contributed by atoms with Crippen molar-refractivity contribution in [2.45, 2.75) is 88.0 Å². The molecule has 0 radical (unpaired) electrons. The van der Waals surface area contributed by atoms with Crippen LogP contribution < -0.4 is 9.47 Å². The van der Waals surface area contributed by atoms with E-state index >= 15 is 0 Å². The summed E-state index contributed by atoms with van der Waals surface area (Å²) < 4.78 is 26.8. The Labute approximate surface area is 241 Å². The van der Waals surface area contributed by atoms with Crippen LogP contribution in [0.5, 0.6) is 11.5 Å². The van der Waals surface area contributed by atoms with Gasteiger partial charge in [-0.05, 0) is 69.1 Å². The molecule has 1 aromatic carbocycles. The van der Waals surface area contributed by atoms with Crippen LogP contribution in [0.25, 0.3) is 0 Å². The molecule has 3 aliphatic carbocycles. The molecule has 42 heavy (non-hydrogen) atoms. The molecule has 1 aliphatic heterocycles. The van der Waals surface area contributed by atoms with Gasteiger partial charge in [-0.25, -0.2) is 19.2 Å². The fourth-order valence-electron chi connectivity index (χ4n) is 7.01. The van der Waals surface area contributed by atoms with E-state index in [1.165, 1.54) is 13.2 Å². The molecule has 1 spiro atoms. The molecule has 0 aromatic heterocycles. The van der Waals surface area contributed by atoms with Gasteiger partial charge in [0, 0.05) is 5.56 Å². The number of aliphatic carboxylic acids is 1. The molecule has 1 heterocycles. The number of benzene rings is 1. The minimum absolute atomic E-state index is 0.0169. The topological polar surface area (TPSA) is 195 Å². The number of esters is 3. The Morgan fingerprint density at radius 1 is 1.02 bits per heavy atom.